The minimum Gasteiger partial charge on any atom is -0.508 e. The Bertz CT molecular complexity index is 576. The maximum atomic E-state index is 11.9. The van der Waals surface area contributed by atoms with Gasteiger partial charge in [0, 0.05) is 18.5 Å². The maximum absolute atomic E-state index is 11.9. The first-order valence-electron chi connectivity index (χ1n) is 6.20. The molecule has 112 valence electrons. The average molecular weight is 300 g/mol. The monoisotopic (exact) mass is 300 g/mol. The number of aromatic hydroxyl groups is 1. The van der Waals surface area contributed by atoms with Gasteiger partial charge in [-0.1, -0.05) is 6.07 Å². The molecule has 0 fully saturated rings. The minimum atomic E-state index is -3.71. The number of carbonyl (C=O) groups excluding carboxylic acids is 1. The molecule has 0 unspecified atom stereocenters. The summed E-state index contributed by atoms with van der Waals surface area (Å²) in [5, 5.41) is 12.0. The van der Waals surface area contributed by atoms with Crippen molar-refractivity contribution in [3.05, 3.63) is 24.3 Å². The van der Waals surface area contributed by atoms with Crippen LogP contribution in [0.4, 0.5) is 0 Å². The number of benzene rings is 1. The summed E-state index contributed by atoms with van der Waals surface area (Å²) in [7, 11) is -3.71. The molecule has 1 aromatic carbocycles. The molecular formula is C13H20N2O4S. The van der Waals surface area contributed by atoms with Gasteiger partial charge in [0.25, 0.3) is 0 Å². The molecule has 0 heterocycles. The summed E-state index contributed by atoms with van der Waals surface area (Å²) in [6.07, 6.45) is 0.0509. The fourth-order valence-electron chi connectivity index (χ4n) is 1.51. The van der Waals surface area contributed by atoms with Gasteiger partial charge in [0.2, 0.25) is 15.9 Å². The van der Waals surface area contributed by atoms with Crippen molar-refractivity contribution in [1.82, 2.24) is 10.0 Å². The quantitative estimate of drug-likeness (QED) is 0.755. The number of sulfonamides is 1. The highest BCUT2D eigenvalue weighted by molar-refractivity contribution is 7.89. The molecule has 20 heavy (non-hydrogen) atoms. The second-order valence-corrected chi connectivity index (χ2v) is 7.21. The van der Waals surface area contributed by atoms with E-state index in [1.54, 1.807) is 0 Å². The zero-order valence-corrected chi connectivity index (χ0v) is 12.6. The Morgan fingerprint density at radius 3 is 2.50 bits per heavy atom. The second kappa shape index (κ2) is 6.23. The molecule has 1 rings (SSSR count). The minimum absolute atomic E-state index is 0.0000964. The second-order valence-electron chi connectivity index (χ2n) is 5.44. The summed E-state index contributed by atoms with van der Waals surface area (Å²) in [5.74, 6) is -0.352. The smallest absolute Gasteiger partial charge is 0.240 e. The summed E-state index contributed by atoms with van der Waals surface area (Å²) in [5.41, 5.74) is -0.346. The van der Waals surface area contributed by atoms with Crippen LogP contribution >= 0.6 is 0 Å². The molecule has 0 aromatic heterocycles. The highest BCUT2D eigenvalue weighted by atomic mass is 32.2. The summed E-state index contributed by atoms with van der Waals surface area (Å²) < 4.78 is 26.1. The third-order valence-electron chi connectivity index (χ3n) is 2.29. The molecule has 6 nitrogen and oxygen atoms in total. The van der Waals surface area contributed by atoms with Crippen LogP contribution in [0, 0.1) is 0 Å². The van der Waals surface area contributed by atoms with Gasteiger partial charge in [-0.15, -0.1) is 0 Å². The molecule has 0 bridgehead atoms. The van der Waals surface area contributed by atoms with Crippen molar-refractivity contribution in [3.8, 4) is 5.75 Å². The number of phenolic OH excluding ortho intramolecular Hbond substituents is 1. The van der Waals surface area contributed by atoms with Crippen LogP contribution < -0.4 is 10.0 Å². The number of hydrogen-bond acceptors (Lipinski definition) is 4. The summed E-state index contributed by atoms with van der Waals surface area (Å²) in [6, 6.07) is 5.35. The van der Waals surface area contributed by atoms with Gasteiger partial charge in [-0.05, 0) is 39.0 Å². The molecule has 0 saturated carbocycles. The van der Waals surface area contributed by atoms with E-state index in [1.807, 2.05) is 20.8 Å². The predicted molar refractivity (Wildman–Crippen MR) is 75.8 cm³/mol. The molecule has 0 aliphatic heterocycles. The zero-order chi connectivity index (χ0) is 15.4. The van der Waals surface area contributed by atoms with Crippen molar-refractivity contribution < 1.29 is 18.3 Å². The topological polar surface area (TPSA) is 95.5 Å². The Balaban J connectivity index is 2.55. The fraction of sp³-hybridized carbons (Fsp3) is 0.462. The molecule has 0 aliphatic carbocycles. The molecule has 3 N–H and O–H groups in total. The van der Waals surface area contributed by atoms with Crippen molar-refractivity contribution in [2.24, 2.45) is 0 Å². The highest BCUT2D eigenvalue weighted by Gasteiger charge is 2.16. The first-order valence-corrected chi connectivity index (χ1v) is 7.68. The lowest BCUT2D eigenvalue weighted by Crippen LogP contribution is -2.41. The maximum Gasteiger partial charge on any atom is 0.240 e. The van der Waals surface area contributed by atoms with Gasteiger partial charge >= 0.3 is 0 Å². The number of phenols is 1. The van der Waals surface area contributed by atoms with Gasteiger partial charge < -0.3 is 10.4 Å². The SMILES string of the molecule is CC(C)(C)NC(=O)CCNS(=O)(=O)c1cccc(O)c1. The summed E-state index contributed by atoms with van der Waals surface area (Å²) in [6.45, 7) is 5.55. The van der Waals surface area contributed by atoms with Crippen LogP contribution in [0.3, 0.4) is 0 Å². The van der Waals surface area contributed by atoms with Crippen LogP contribution in [0.25, 0.3) is 0 Å². The molecule has 0 aliphatic rings. The molecule has 1 aromatic rings. The van der Waals surface area contributed by atoms with E-state index in [0.29, 0.717) is 0 Å². The van der Waals surface area contributed by atoms with Crippen LogP contribution in [0.1, 0.15) is 27.2 Å². The fourth-order valence-corrected chi connectivity index (χ4v) is 2.58. The Hall–Kier alpha value is -1.60. The molecule has 0 spiro atoms. The van der Waals surface area contributed by atoms with Crippen molar-refractivity contribution in [2.45, 2.75) is 37.6 Å². The van der Waals surface area contributed by atoms with Gasteiger partial charge in [0.05, 0.1) is 4.90 Å². The normalized spacial score (nSPS) is 12.2. The van der Waals surface area contributed by atoms with Gasteiger partial charge in [-0.2, -0.15) is 0 Å². The first-order chi connectivity index (χ1) is 9.10. The average Bonchev–Trinajstić information content (AvgIpc) is 2.26. The Morgan fingerprint density at radius 2 is 1.95 bits per heavy atom. The molecule has 0 saturated heterocycles. The van der Waals surface area contributed by atoms with Crippen molar-refractivity contribution in [1.29, 1.82) is 0 Å². The highest BCUT2D eigenvalue weighted by Crippen LogP contribution is 2.15. The third kappa shape index (κ3) is 5.58. The lowest BCUT2D eigenvalue weighted by Gasteiger charge is -2.20. The summed E-state index contributed by atoms with van der Waals surface area (Å²) >= 11 is 0. The van der Waals surface area contributed by atoms with E-state index in [1.165, 1.54) is 18.2 Å². The van der Waals surface area contributed by atoms with E-state index in [9.17, 15) is 18.3 Å². The van der Waals surface area contributed by atoms with Crippen LogP contribution in [-0.2, 0) is 14.8 Å². The Morgan fingerprint density at radius 1 is 1.30 bits per heavy atom. The van der Waals surface area contributed by atoms with Crippen LogP contribution in [-0.4, -0.2) is 31.5 Å². The van der Waals surface area contributed by atoms with Gasteiger partial charge in [0.15, 0.2) is 0 Å². The standard InChI is InChI=1S/C13H20N2O4S/c1-13(2,3)15-12(17)7-8-14-20(18,19)11-6-4-5-10(16)9-11/h4-6,9,14,16H,7-8H2,1-3H3,(H,15,17). The predicted octanol–water partition coefficient (Wildman–Crippen LogP) is 0.975. The van der Waals surface area contributed by atoms with Crippen LogP contribution in [0.2, 0.25) is 0 Å². The zero-order valence-electron chi connectivity index (χ0n) is 11.8. The number of hydrogen-bond donors (Lipinski definition) is 3. The van der Waals surface area contributed by atoms with E-state index in [2.05, 4.69) is 10.0 Å². The molecule has 0 radical (unpaired) electrons. The van der Waals surface area contributed by atoms with Crippen molar-refractivity contribution in [2.75, 3.05) is 6.54 Å². The summed E-state index contributed by atoms with van der Waals surface area (Å²) in [4.78, 5) is 11.5. The molecule has 1 amide bonds. The molecule has 0 atom stereocenters. The van der Waals surface area contributed by atoms with Gasteiger partial charge in [-0.3, -0.25) is 4.79 Å². The van der Waals surface area contributed by atoms with E-state index in [0.717, 1.165) is 6.07 Å². The number of carbonyl (C=O) groups is 1. The van der Waals surface area contributed by atoms with Gasteiger partial charge in [0.1, 0.15) is 5.75 Å². The molecular weight excluding hydrogens is 280 g/mol. The largest absolute Gasteiger partial charge is 0.508 e. The van der Waals surface area contributed by atoms with E-state index in [-0.39, 0.29) is 35.1 Å². The van der Waals surface area contributed by atoms with Gasteiger partial charge in [-0.25, -0.2) is 13.1 Å². The first kappa shape index (κ1) is 16.5. The van der Waals surface area contributed by atoms with Crippen LogP contribution in [0.15, 0.2) is 29.2 Å². The van der Waals surface area contributed by atoms with Crippen molar-refractivity contribution in [3.63, 3.8) is 0 Å². The van der Waals surface area contributed by atoms with Crippen LogP contribution in [0.5, 0.6) is 5.75 Å². The van der Waals surface area contributed by atoms with E-state index >= 15 is 0 Å². The number of rotatable bonds is 5. The Labute approximate surface area is 119 Å². The third-order valence-corrected chi connectivity index (χ3v) is 3.75. The lowest BCUT2D eigenvalue weighted by molar-refractivity contribution is -0.122. The lowest BCUT2D eigenvalue weighted by atomic mass is 10.1. The van der Waals surface area contributed by atoms with Crippen molar-refractivity contribution >= 4 is 15.9 Å². The Kier molecular flexibility index (Phi) is 5.13. The number of amides is 1. The number of nitrogens with one attached hydrogen (secondary N) is 2. The van der Waals surface area contributed by atoms with E-state index < -0.39 is 10.0 Å². The molecule has 7 heteroatoms. The van der Waals surface area contributed by atoms with E-state index in [4.69, 9.17) is 0 Å².